The molecule has 0 aromatic carbocycles. The Morgan fingerprint density at radius 2 is 1.95 bits per heavy atom. The SMILES string of the molecule is CNC(C)(CN(CCOC)C(C)COC)C(=O)OC. The van der Waals surface area contributed by atoms with Crippen LogP contribution in [0.4, 0.5) is 0 Å². The van der Waals surface area contributed by atoms with E-state index in [0.29, 0.717) is 19.8 Å². The molecule has 0 aromatic rings. The minimum Gasteiger partial charge on any atom is -0.468 e. The normalized spacial score (nSPS) is 16.2. The zero-order valence-electron chi connectivity index (χ0n) is 13.0. The van der Waals surface area contributed by atoms with E-state index in [0.717, 1.165) is 6.54 Å². The summed E-state index contributed by atoms with van der Waals surface area (Å²) in [4.78, 5) is 14.0. The predicted molar refractivity (Wildman–Crippen MR) is 74.3 cm³/mol. The standard InChI is InChI=1S/C13H28N2O4/c1-11(9-18-5)15(7-8-17-4)10-13(2,14-3)12(16)19-6/h11,14H,7-10H2,1-6H3. The lowest BCUT2D eigenvalue weighted by Crippen LogP contribution is -2.58. The lowest BCUT2D eigenvalue weighted by atomic mass is 10.0. The number of esters is 1. The average Bonchev–Trinajstić information content (AvgIpc) is 2.42. The fraction of sp³-hybridized carbons (Fsp3) is 0.923. The number of rotatable bonds is 10. The Morgan fingerprint density at radius 3 is 2.37 bits per heavy atom. The third-order valence-electron chi connectivity index (χ3n) is 3.32. The highest BCUT2D eigenvalue weighted by Gasteiger charge is 2.35. The number of carbonyl (C=O) groups excluding carboxylic acids is 1. The number of methoxy groups -OCH3 is 3. The average molecular weight is 276 g/mol. The largest absolute Gasteiger partial charge is 0.468 e. The molecule has 0 saturated heterocycles. The maximum atomic E-state index is 11.9. The highest BCUT2D eigenvalue weighted by Crippen LogP contribution is 2.11. The van der Waals surface area contributed by atoms with E-state index < -0.39 is 5.54 Å². The summed E-state index contributed by atoms with van der Waals surface area (Å²) in [7, 11) is 6.49. The van der Waals surface area contributed by atoms with Crippen LogP contribution in [0.25, 0.3) is 0 Å². The summed E-state index contributed by atoms with van der Waals surface area (Å²) in [5.41, 5.74) is -0.746. The highest BCUT2D eigenvalue weighted by molar-refractivity contribution is 5.80. The molecular formula is C13H28N2O4. The maximum absolute atomic E-state index is 11.9. The summed E-state index contributed by atoms with van der Waals surface area (Å²) in [6.07, 6.45) is 0. The quantitative estimate of drug-likeness (QED) is 0.572. The second kappa shape index (κ2) is 9.25. The van der Waals surface area contributed by atoms with Gasteiger partial charge in [0.25, 0.3) is 0 Å². The first-order valence-electron chi connectivity index (χ1n) is 6.44. The summed E-state index contributed by atoms with van der Waals surface area (Å²) in [5, 5.41) is 3.04. The summed E-state index contributed by atoms with van der Waals surface area (Å²) >= 11 is 0. The van der Waals surface area contributed by atoms with Crippen molar-refractivity contribution >= 4 is 5.97 Å². The number of nitrogens with one attached hydrogen (secondary N) is 1. The molecule has 0 rings (SSSR count). The van der Waals surface area contributed by atoms with Crippen molar-refractivity contribution in [1.29, 1.82) is 0 Å². The van der Waals surface area contributed by atoms with Crippen molar-refractivity contribution in [2.75, 3.05) is 54.7 Å². The van der Waals surface area contributed by atoms with E-state index in [1.165, 1.54) is 7.11 Å². The predicted octanol–water partition coefficient (Wildman–Crippen LogP) is 0.121. The van der Waals surface area contributed by atoms with E-state index in [-0.39, 0.29) is 12.0 Å². The van der Waals surface area contributed by atoms with Gasteiger partial charge in [-0.1, -0.05) is 0 Å². The lowest BCUT2D eigenvalue weighted by molar-refractivity contribution is -0.149. The van der Waals surface area contributed by atoms with Gasteiger partial charge in [0.15, 0.2) is 0 Å². The molecule has 6 nitrogen and oxygen atoms in total. The van der Waals surface area contributed by atoms with Crippen LogP contribution in [0.5, 0.6) is 0 Å². The van der Waals surface area contributed by atoms with Crippen molar-refractivity contribution in [2.24, 2.45) is 0 Å². The summed E-state index contributed by atoms with van der Waals surface area (Å²) < 4.78 is 15.2. The van der Waals surface area contributed by atoms with Gasteiger partial charge in [0.2, 0.25) is 0 Å². The summed E-state index contributed by atoms with van der Waals surface area (Å²) in [6.45, 7) is 6.36. The van der Waals surface area contributed by atoms with Gasteiger partial charge in [-0.25, -0.2) is 0 Å². The molecule has 0 fully saturated rings. The molecular weight excluding hydrogens is 248 g/mol. The second-order valence-electron chi connectivity index (χ2n) is 4.84. The molecule has 0 aliphatic carbocycles. The third-order valence-corrected chi connectivity index (χ3v) is 3.32. The molecule has 0 heterocycles. The van der Waals surface area contributed by atoms with Crippen LogP contribution in [0.15, 0.2) is 0 Å². The molecule has 0 amide bonds. The molecule has 0 bridgehead atoms. The number of hydrogen-bond acceptors (Lipinski definition) is 6. The van der Waals surface area contributed by atoms with Crippen molar-refractivity contribution in [2.45, 2.75) is 25.4 Å². The molecule has 114 valence electrons. The second-order valence-corrected chi connectivity index (χ2v) is 4.84. The van der Waals surface area contributed by atoms with Gasteiger partial charge in [0, 0.05) is 33.4 Å². The Balaban J connectivity index is 4.79. The van der Waals surface area contributed by atoms with Crippen LogP contribution >= 0.6 is 0 Å². The lowest BCUT2D eigenvalue weighted by Gasteiger charge is -2.36. The van der Waals surface area contributed by atoms with Crippen molar-refractivity contribution in [1.82, 2.24) is 10.2 Å². The van der Waals surface area contributed by atoms with Crippen molar-refractivity contribution in [3.05, 3.63) is 0 Å². The van der Waals surface area contributed by atoms with Gasteiger partial charge in [-0.15, -0.1) is 0 Å². The Kier molecular flexibility index (Phi) is 8.92. The first-order valence-corrected chi connectivity index (χ1v) is 6.44. The van der Waals surface area contributed by atoms with Gasteiger partial charge in [0.05, 0.1) is 20.3 Å². The smallest absolute Gasteiger partial charge is 0.327 e. The van der Waals surface area contributed by atoms with Crippen molar-refractivity contribution < 1.29 is 19.0 Å². The molecule has 6 heteroatoms. The molecule has 1 N–H and O–H groups in total. The molecule has 0 radical (unpaired) electrons. The Hall–Kier alpha value is -0.690. The first-order chi connectivity index (χ1) is 8.95. The fourth-order valence-electron chi connectivity index (χ4n) is 1.89. The third kappa shape index (κ3) is 5.86. The monoisotopic (exact) mass is 276 g/mol. The topological polar surface area (TPSA) is 60.0 Å². The van der Waals surface area contributed by atoms with Gasteiger partial charge in [-0.05, 0) is 20.9 Å². The van der Waals surface area contributed by atoms with Crippen LogP contribution < -0.4 is 5.32 Å². The van der Waals surface area contributed by atoms with Crippen LogP contribution in [0.2, 0.25) is 0 Å². The summed E-state index contributed by atoms with van der Waals surface area (Å²) in [6, 6.07) is 0.192. The van der Waals surface area contributed by atoms with Crippen LogP contribution in [0, 0.1) is 0 Å². The molecule has 0 saturated carbocycles. The van der Waals surface area contributed by atoms with Crippen molar-refractivity contribution in [3.8, 4) is 0 Å². The van der Waals surface area contributed by atoms with E-state index in [1.54, 1.807) is 21.3 Å². The van der Waals surface area contributed by atoms with E-state index >= 15 is 0 Å². The zero-order valence-corrected chi connectivity index (χ0v) is 13.0. The van der Waals surface area contributed by atoms with Crippen LogP contribution in [0.3, 0.4) is 0 Å². The molecule has 0 spiro atoms. The first kappa shape index (κ1) is 18.3. The Morgan fingerprint density at radius 1 is 1.32 bits per heavy atom. The van der Waals surface area contributed by atoms with Gasteiger partial charge in [-0.2, -0.15) is 0 Å². The number of likely N-dealkylation sites (N-methyl/N-ethyl adjacent to an activating group) is 1. The molecule has 19 heavy (non-hydrogen) atoms. The van der Waals surface area contributed by atoms with Gasteiger partial charge in [-0.3, -0.25) is 9.69 Å². The zero-order chi connectivity index (χ0) is 14.9. The van der Waals surface area contributed by atoms with E-state index in [9.17, 15) is 4.79 Å². The van der Waals surface area contributed by atoms with Gasteiger partial charge < -0.3 is 19.5 Å². The number of hydrogen-bond donors (Lipinski definition) is 1. The molecule has 2 atom stereocenters. The van der Waals surface area contributed by atoms with Crippen LogP contribution in [-0.2, 0) is 19.0 Å². The van der Waals surface area contributed by atoms with E-state index in [2.05, 4.69) is 17.1 Å². The molecule has 2 unspecified atom stereocenters. The minimum atomic E-state index is -0.746. The van der Waals surface area contributed by atoms with E-state index in [1.807, 2.05) is 6.92 Å². The molecule has 0 aromatic heterocycles. The number of ether oxygens (including phenoxy) is 3. The molecule has 0 aliphatic rings. The van der Waals surface area contributed by atoms with Crippen LogP contribution in [0.1, 0.15) is 13.8 Å². The van der Waals surface area contributed by atoms with Gasteiger partial charge in [0.1, 0.15) is 5.54 Å². The molecule has 0 aliphatic heterocycles. The summed E-state index contributed by atoms with van der Waals surface area (Å²) in [5.74, 6) is -0.276. The van der Waals surface area contributed by atoms with Crippen molar-refractivity contribution in [3.63, 3.8) is 0 Å². The maximum Gasteiger partial charge on any atom is 0.327 e. The Bertz CT molecular complexity index is 263. The van der Waals surface area contributed by atoms with Crippen LogP contribution in [-0.4, -0.2) is 77.1 Å². The number of nitrogens with zero attached hydrogens (tertiary/aromatic N) is 1. The minimum absolute atomic E-state index is 0.192. The highest BCUT2D eigenvalue weighted by atomic mass is 16.5. The van der Waals surface area contributed by atoms with E-state index in [4.69, 9.17) is 14.2 Å². The Labute approximate surface area is 116 Å². The fourth-order valence-corrected chi connectivity index (χ4v) is 1.89. The number of carbonyl (C=O) groups is 1. The van der Waals surface area contributed by atoms with Gasteiger partial charge >= 0.3 is 5.97 Å².